The molecule has 0 saturated carbocycles. The highest BCUT2D eigenvalue weighted by Gasteiger charge is 2.20. The van der Waals surface area contributed by atoms with Crippen molar-refractivity contribution in [3.8, 4) is 17.5 Å². The molecular formula is C15H14F2N4O2. The van der Waals surface area contributed by atoms with Crippen molar-refractivity contribution in [2.75, 3.05) is 7.05 Å². The fourth-order valence-electron chi connectivity index (χ4n) is 2.00. The Morgan fingerprint density at radius 3 is 2.52 bits per heavy atom. The highest BCUT2D eigenvalue weighted by molar-refractivity contribution is 5.94. The Balaban J connectivity index is 2.18. The summed E-state index contributed by atoms with van der Waals surface area (Å²) in [6.45, 7) is 1.82. The molecule has 2 rings (SSSR count). The van der Waals surface area contributed by atoms with E-state index in [9.17, 15) is 13.6 Å². The van der Waals surface area contributed by atoms with Gasteiger partial charge in [-0.1, -0.05) is 24.2 Å². The number of carbonyl (C=O) groups excluding carboxylic acids is 1. The average molecular weight is 320 g/mol. The van der Waals surface area contributed by atoms with Crippen molar-refractivity contribution in [1.29, 1.82) is 5.26 Å². The summed E-state index contributed by atoms with van der Waals surface area (Å²) in [5, 5.41) is 12.5. The van der Waals surface area contributed by atoms with Crippen LogP contribution in [0.5, 0.6) is 0 Å². The topological polar surface area (TPSA) is 83.0 Å². The van der Waals surface area contributed by atoms with E-state index in [-0.39, 0.29) is 11.7 Å². The van der Waals surface area contributed by atoms with Crippen LogP contribution in [0.25, 0.3) is 11.4 Å². The molecule has 0 radical (unpaired) electrons. The standard InChI is InChI=1S/C15H14F2N4O2/c1-3-11(8-18)21(2)15(22)10-6-4-9(5-7-10)13-19-14(12(16)17)23-20-13/h4-7,11-12H,3H2,1-2H3. The van der Waals surface area contributed by atoms with Crippen LogP contribution in [0.4, 0.5) is 8.78 Å². The minimum atomic E-state index is -2.83. The molecule has 1 heterocycles. The molecular weight excluding hydrogens is 306 g/mol. The molecule has 0 saturated heterocycles. The summed E-state index contributed by atoms with van der Waals surface area (Å²) in [5.74, 6) is -1.03. The first-order valence-corrected chi connectivity index (χ1v) is 6.86. The molecule has 2 aromatic rings. The number of hydrogen-bond donors (Lipinski definition) is 0. The van der Waals surface area contributed by atoms with E-state index in [1.54, 1.807) is 7.05 Å². The van der Waals surface area contributed by atoms with E-state index < -0.39 is 18.4 Å². The first-order valence-electron chi connectivity index (χ1n) is 6.86. The van der Waals surface area contributed by atoms with E-state index in [1.807, 2.05) is 6.92 Å². The van der Waals surface area contributed by atoms with Gasteiger partial charge in [-0.05, 0) is 18.6 Å². The second-order valence-corrected chi connectivity index (χ2v) is 4.80. The third-order valence-corrected chi connectivity index (χ3v) is 3.34. The lowest BCUT2D eigenvalue weighted by Crippen LogP contribution is -2.35. The molecule has 8 heteroatoms. The lowest BCUT2D eigenvalue weighted by molar-refractivity contribution is 0.0761. The summed E-state index contributed by atoms with van der Waals surface area (Å²) in [4.78, 5) is 17.2. The number of hydrogen-bond acceptors (Lipinski definition) is 5. The Kier molecular flexibility index (Phi) is 5.01. The maximum Gasteiger partial charge on any atom is 0.315 e. The number of amides is 1. The van der Waals surface area contributed by atoms with Crippen molar-refractivity contribution in [3.63, 3.8) is 0 Å². The minimum absolute atomic E-state index is 0.0242. The lowest BCUT2D eigenvalue weighted by Gasteiger charge is -2.21. The van der Waals surface area contributed by atoms with E-state index >= 15 is 0 Å². The van der Waals surface area contributed by atoms with E-state index in [1.165, 1.54) is 29.2 Å². The number of alkyl halides is 2. The Bertz CT molecular complexity index is 722. The second kappa shape index (κ2) is 6.96. The number of benzene rings is 1. The molecule has 0 aliphatic carbocycles. The smallest absolute Gasteiger partial charge is 0.315 e. The van der Waals surface area contributed by atoms with Crippen LogP contribution in [0.1, 0.15) is 36.0 Å². The van der Waals surface area contributed by atoms with Crippen LogP contribution in [0.3, 0.4) is 0 Å². The van der Waals surface area contributed by atoms with Gasteiger partial charge < -0.3 is 9.42 Å². The molecule has 0 bridgehead atoms. The van der Waals surface area contributed by atoms with Gasteiger partial charge in [0.25, 0.3) is 11.8 Å². The summed E-state index contributed by atoms with van der Waals surface area (Å²) >= 11 is 0. The number of carbonyl (C=O) groups is 1. The summed E-state index contributed by atoms with van der Waals surface area (Å²) in [5.41, 5.74) is 0.828. The fraction of sp³-hybridized carbons (Fsp3) is 0.333. The average Bonchev–Trinajstić information content (AvgIpc) is 3.05. The molecule has 23 heavy (non-hydrogen) atoms. The molecule has 1 aromatic heterocycles. The molecule has 1 atom stereocenters. The van der Waals surface area contributed by atoms with Gasteiger partial charge in [0.1, 0.15) is 6.04 Å². The molecule has 0 aliphatic heterocycles. The molecule has 0 aliphatic rings. The van der Waals surface area contributed by atoms with Gasteiger partial charge >= 0.3 is 6.43 Å². The van der Waals surface area contributed by atoms with Crippen molar-refractivity contribution in [2.45, 2.75) is 25.8 Å². The summed E-state index contributed by atoms with van der Waals surface area (Å²) in [6, 6.07) is 7.67. The number of aromatic nitrogens is 2. The predicted octanol–water partition coefficient (Wildman–Crippen LogP) is 3.05. The lowest BCUT2D eigenvalue weighted by atomic mass is 10.1. The van der Waals surface area contributed by atoms with Gasteiger partial charge in [-0.3, -0.25) is 4.79 Å². The summed E-state index contributed by atoms with van der Waals surface area (Å²) in [7, 11) is 1.56. The fourth-order valence-corrected chi connectivity index (χ4v) is 2.00. The maximum atomic E-state index is 12.4. The number of halogens is 2. The van der Waals surface area contributed by atoms with E-state index in [4.69, 9.17) is 5.26 Å². The zero-order valence-electron chi connectivity index (χ0n) is 12.5. The van der Waals surface area contributed by atoms with Gasteiger partial charge in [0.05, 0.1) is 6.07 Å². The van der Waals surface area contributed by atoms with Gasteiger partial charge in [-0.15, -0.1) is 0 Å². The molecule has 1 amide bonds. The summed E-state index contributed by atoms with van der Waals surface area (Å²) in [6.07, 6.45) is -2.31. The van der Waals surface area contributed by atoms with Crippen LogP contribution in [-0.2, 0) is 0 Å². The molecule has 0 fully saturated rings. The quantitative estimate of drug-likeness (QED) is 0.845. The minimum Gasteiger partial charge on any atom is -0.333 e. The zero-order valence-corrected chi connectivity index (χ0v) is 12.5. The largest absolute Gasteiger partial charge is 0.333 e. The Morgan fingerprint density at radius 2 is 2.04 bits per heavy atom. The van der Waals surface area contributed by atoms with Gasteiger partial charge in [-0.25, -0.2) is 0 Å². The van der Waals surface area contributed by atoms with E-state index in [2.05, 4.69) is 20.7 Å². The molecule has 6 nitrogen and oxygen atoms in total. The van der Waals surface area contributed by atoms with E-state index in [0.29, 0.717) is 17.5 Å². The third kappa shape index (κ3) is 3.51. The van der Waals surface area contributed by atoms with Gasteiger partial charge in [0.15, 0.2) is 0 Å². The van der Waals surface area contributed by atoms with Crippen molar-refractivity contribution < 1.29 is 18.1 Å². The normalized spacial score (nSPS) is 12.0. The van der Waals surface area contributed by atoms with Crippen molar-refractivity contribution >= 4 is 5.91 Å². The van der Waals surface area contributed by atoms with Crippen LogP contribution >= 0.6 is 0 Å². The van der Waals surface area contributed by atoms with Gasteiger partial charge in [-0.2, -0.15) is 19.0 Å². The van der Waals surface area contributed by atoms with Gasteiger partial charge in [0, 0.05) is 18.2 Å². The number of nitriles is 1. The third-order valence-electron chi connectivity index (χ3n) is 3.34. The molecule has 0 N–H and O–H groups in total. The Morgan fingerprint density at radius 1 is 1.39 bits per heavy atom. The Hall–Kier alpha value is -2.82. The summed E-state index contributed by atoms with van der Waals surface area (Å²) < 4.78 is 29.3. The van der Waals surface area contributed by atoms with Crippen LogP contribution in [0, 0.1) is 11.3 Å². The molecule has 1 aromatic carbocycles. The van der Waals surface area contributed by atoms with Gasteiger partial charge in [0.2, 0.25) is 5.82 Å². The van der Waals surface area contributed by atoms with Crippen molar-refractivity contribution in [2.24, 2.45) is 0 Å². The van der Waals surface area contributed by atoms with Crippen LogP contribution in [0.15, 0.2) is 28.8 Å². The number of nitrogens with zero attached hydrogens (tertiary/aromatic N) is 4. The highest BCUT2D eigenvalue weighted by atomic mass is 19.3. The van der Waals surface area contributed by atoms with Crippen molar-refractivity contribution in [1.82, 2.24) is 15.0 Å². The van der Waals surface area contributed by atoms with Crippen LogP contribution < -0.4 is 0 Å². The Labute approximate surface area is 131 Å². The maximum absolute atomic E-state index is 12.4. The SMILES string of the molecule is CCC(C#N)N(C)C(=O)c1ccc(-c2noc(C(F)F)n2)cc1. The number of rotatable bonds is 5. The molecule has 120 valence electrons. The highest BCUT2D eigenvalue weighted by Crippen LogP contribution is 2.22. The first-order chi connectivity index (χ1) is 11.0. The van der Waals surface area contributed by atoms with Crippen LogP contribution in [-0.4, -0.2) is 34.0 Å². The van der Waals surface area contributed by atoms with Crippen molar-refractivity contribution in [3.05, 3.63) is 35.7 Å². The monoisotopic (exact) mass is 320 g/mol. The molecule has 0 spiro atoms. The van der Waals surface area contributed by atoms with Crippen LogP contribution in [0.2, 0.25) is 0 Å². The molecule has 1 unspecified atom stereocenters. The predicted molar refractivity (Wildman–Crippen MR) is 76.5 cm³/mol. The van der Waals surface area contributed by atoms with E-state index in [0.717, 1.165) is 0 Å². The zero-order chi connectivity index (χ0) is 17.0. The first kappa shape index (κ1) is 16.5. The second-order valence-electron chi connectivity index (χ2n) is 4.80.